The molecule has 0 saturated carbocycles. The molecule has 0 saturated heterocycles. The fourth-order valence-electron chi connectivity index (χ4n) is 7.03. The number of phenolic OH excluding ortho intramolecular Hbond substituents is 2. The number of phenols is 2. The topological polar surface area (TPSA) is 66.2 Å². The van der Waals surface area contributed by atoms with Crippen molar-refractivity contribution in [2.45, 2.75) is 105 Å². The number of nitrogens with zero attached hydrogens (tertiary/aromatic N) is 2. The molecule has 57 heavy (non-hydrogen) atoms. The maximum Gasteiger partial charge on any atom is 2.00 e. The van der Waals surface area contributed by atoms with Gasteiger partial charge in [-0.05, 0) is 80.3 Å². The van der Waals surface area contributed by atoms with Gasteiger partial charge in [0.15, 0.2) is 0 Å². The van der Waals surface area contributed by atoms with Crippen molar-refractivity contribution < 1.29 is 36.4 Å². The molecule has 296 valence electrons. The minimum absolute atomic E-state index is 0. The SMILES string of the molecule is CC(C)(C)c1cc(-c2ccccc2-c2cccc(-c3cccc(-c4ccccc4-c4cc(C(C)(C)C)cc(C(C)(C)C)c4O)n3)n2)c(O)c(C(C)(C)C)c1.[CH3-].[CH3-].[Zr+2]. The molecule has 0 aliphatic heterocycles. The van der Waals surface area contributed by atoms with Gasteiger partial charge in [0.05, 0.1) is 22.8 Å². The summed E-state index contributed by atoms with van der Waals surface area (Å²) in [5.74, 6) is 0.613. The van der Waals surface area contributed by atoms with Gasteiger partial charge in [0.2, 0.25) is 0 Å². The fourth-order valence-corrected chi connectivity index (χ4v) is 7.03. The first-order valence-corrected chi connectivity index (χ1v) is 19.0. The van der Waals surface area contributed by atoms with E-state index in [-0.39, 0.29) is 62.7 Å². The molecule has 4 aromatic carbocycles. The van der Waals surface area contributed by atoms with E-state index in [1.165, 1.54) is 11.1 Å². The predicted molar refractivity (Wildman–Crippen MR) is 240 cm³/mol. The van der Waals surface area contributed by atoms with Crippen LogP contribution in [-0.4, -0.2) is 20.2 Å². The molecule has 0 radical (unpaired) electrons. The standard InChI is InChI=1S/C50H56N2O2.2CH3.Zr/c1-47(2,3)31-27-37(45(53)39(29-31)49(7,8)9)33-19-13-15-21-35(33)41-23-17-25-43(51-41)44-26-18-24-42(52-44)36-22-16-14-20-34(36)38-28-32(48(4,5)6)30-40(46(38)54)50(10,11)12;;;/h13-30,53-54H,1-12H3;2*1H3;/q;2*-1;+2. The number of benzene rings is 4. The first-order chi connectivity index (χ1) is 25.1. The molecule has 2 aromatic heterocycles. The molecule has 0 aliphatic carbocycles. The van der Waals surface area contributed by atoms with E-state index in [1.807, 2.05) is 60.7 Å². The Morgan fingerprint density at radius 1 is 0.351 bits per heavy atom. The van der Waals surface area contributed by atoms with Crippen LogP contribution >= 0.6 is 0 Å². The van der Waals surface area contributed by atoms with Gasteiger partial charge in [-0.2, -0.15) is 0 Å². The van der Waals surface area contributed by atoms with Crippen molar-refractivity contribution in [3.05, 3.63) is 146 Å². The Morgan fingerprint density at radius 3 is 0.947 bits per heavy atom. The normalized spacial score (nSPS) is 11.9. The number of aromatic nitrogens is 2. The number of hydrogen-bond acceptors (Lipinski definition) is 4. The van der Waals surface area contributed by atoms with Crippen LogP contribution in [-0.2, 0) is 47.9 Å². The van der Waals surface area contributed by atoms with Crippen LogP contribution in [0.5, 0.6) is 11.5 Å². The van der Waals surface area contributed by atoms with Crippen molar-refractivity contribution in [2.75, 3.05) is 0 Å². The van der Waals surface area contributed by atoms with Crippen LogP contribution in [0.25, 0.3) is 56.2 Å². The van der Waals surface area contributed by atoms with Gasteiger partial charge in [0, 0.05) is 33.4 Å². The van der Waals surface area contributed by atoms with Gasteiger partial charge in [-0.25, -0.2) is 9.97 Å². The third-order valence-electron chi connectivity index (χ3n) is 10.3. The summed E-state index contributed by atoms with van der Waals surface area (Å²) in [5.41, 5.74) is 11.9. The monoisotopic (exact) mass is 836 g/mol. The van der Waals surface area contributed by atoms with Gasteiger partial charge in [-0.15, -0.1) is 0 Å². The second kappa shape index (κ2) is 17.3. The Kier molecular flexibility index (Phi) is 14.2. The Labute approximate surface area is 363 Å². The van der Waals surface area contributed by atoms with Gasteiger partial charge >= 0.3 is 26.2 Å². The van der Waals surface area contributed by atoms with E-state index in [2.05, 4.69) is 132 Å². The molecule has 0 aliphatic rings. The van der Waals surface area contributed by atoms with Crippen LogP contribution in [0.2, 0.25) is 0 Å². The number of pyridine rings is 2. The van der Waals surface area contributed by atoms with E-state index in [0.717, 1.165) is 67.3 Å². The van der Waals surface area contributed by atoms with E-state index in [0.29, 0.717) is 11.5 Å². The summed E-state index contributed by atoms with van der Waals surface area (Å²) in [4.78, 5) is 10.4. The van der Waals surface area contributed by atoms with E-state index in [4.69, 9.17) is 9.97 Å². The Bertz CT molecular complexity index is 2180. The molecule has 4 nitrogen and oxygen atoms in total. The molecule has 0 amide bonds. The Balaban J connectivity index is 0.00000290. The molecule has 5 heteroatoms. The van der Waals surface area contributed by atoms with Gasteiger partial charge in [0.1, 0.15) is 11.5 Å². The molecule has 6 aromatic rings. The second-order valence-corrected chi connectivity index (χ2v) is 18.7. The Hall–Kier alpha value is -4.34. The third-order valence-corrected chi connectivity index (χ3v) is 10.3. The van der Waals surface area contributed by atoms with Crippen LogP contribution < -0.4 is 0 Å². The summed E-state index contributed by atoms with van der Waals surface area (Å²) in [5, 5.41) is 23.6. The van der Waals surface area contributed by atoms with Crippen LogP contribution in [0.15, 0.2) is 109 Å². The number of aromatic hydroxyl groups is 2. The minimum Gasteiger partial charge on any atom is -0.507 e. The molecular formula is C52H62N2O2Zr. The Morgan fingerprint density at radius 2 is 0.649 bits per heavy atom. The van der Waals surface area contributed by atoms with Gasteiger partial charge in [-0.3, -0.25) is 0 Å². The van der Waals surface area contributed by atoms with E-state index in [9.17, 15) is 10.2 Å². The second-order valence-electron chi connectivity index (χ2n) is 18.7. The summed E-state index contributed by atoms with van der Waals surface area (Å²) < 4.78 is 0. The average Bonchev–Trinajstić information content (AvgIpc) is 3.10. The van der Waals surface area contributed by atoms with Crippen molar-refractivity contribution in [1.82, 2.24) is 9.97 Å². The molecule has 2 heterocycles. The zero-order valence-corrected chi connectivity index (χ0v) is 39.1. The minimum atomic E-state index is -0.245. The van der Waals surface area contributed by atoms with Gasteiger partial charge in [-0.1, -0.05) is 156 Å². The molecule has 0 fully saturated rings. The molecule has 0 spiro atoms. The molecule has 0 unspecified atom stereocenters. The van der Waals surface area contributed by atoms with Gasteiger partial charge < -0.3 is 25.1 Å². The smallest absolute Gasteiger partial charge is 0.507 e. The van der Waals surface area contributed by atoms with Crippen molar-refractivity contribution in [3.8, 4) is 67.7 Å². The number of rotatable bonds is 5. The average molecular weight is 838 g/mol. The maximum absolute atomic E-state index is 11.8. The first kappa shape index (κ1) is 47.0. The quantitative estimate of drug-likeness (QED) is 0.170. The van der Waals surface area contributed by atoms with Crippen molar-refractivity contribution in [3.63, 3.8) is 0 Å². The van der Waals surface area contributed by atoms with E-state index < -0.39 is 0 Å². The van der Waals surface area contributed by atoms with Crippen molar-refractivity contribution in [1.29, 1.82) is 0 Å². The molecular weight excluding hydrogens is 776 g/mol. The summed E-state index contributed by atoms with van der Waals surface area (Å²) in [6.45, 7) is 26.1. The third kappa shape index (κ3) is 9.86. The first-order valence-electron chi connectivity index (χ1n) is 19.0. The largest absolute Gasteiger partial charge is 2.00 e. The fraction of sp³-hybridized carbons (Fsp3) is 0.308. The zero-order valence-electron chi connectivity index (χ0n) is 36.7. The van der Waals surface area contributed by atoms with E-state index in [1.54, 1.807) is 0 Å². The molecule has 0 atom stereocenters. The molecule has 6 rings (SSSR count). The van der Waals surface area contributed by atoms with Crippen LogP contribution in [0, 0.1) is 14.9 Å². The summed E-state index contributed by atoms with van der Waals surface area (Å²) in [6, 6.07) is 37.0. The van der Waals surface area contributed by atoms with E-state index >= 15 is 0 Å². The van der Waals surface area contributed by atoms with Crippen molar-refractivity contribution in [2.24, 2.45) is 0 Å². The zero-order chi connectivity index (χ0) is 39.4. The predicted octanol–water partition coefficient (Wildman–Crippen LogP) is 14.3. The molecule has 2 N–H and O–H groups in total. The van der Waals surface area contributed by atoms with Gasteiger partial charge in [0.25, 0.3) is 0 Å². The maximum atomic E-state index is 11.8. The van der Waals surface area contributed by atoms with Crippen molar-refractivity contribution >= 4 is 0 Å². The van der Waals surface area contributed by atoms with Crippen LogP contribution in [0.3, 0.4) is 0 Å². The molecule has 0 bridgehead atoms. The van der Waals surface area contributed by atoms with Crippen LogP contribution in [0.1, 0.15) is 105 Å². The summed E-state index contributed by atoms with van der Waals surface area (Å²) in [6.07, 6.45) is 0. The summed E-state index contributed by atoms with van der Waals surface area (Å²) >= 11 is 0. The summed E-state index contributed by atoms with van der Waals surface area (Å²) in [7, 11) is 0. The number of hydrogen-bond donors (Lipinski definition) is 2. The van der Waals surface area contributed by atoms with Crippen LogP contribution in [0.4, 0.5) is 0 Å².